The van der Waals surface area contributed by atoms with E-state index in [2.05, 4.69) is 54.7 Å². The van der Waals surface area contributed by atoms with Crippen molar-refractivity contribution in [3.05, 3.63) is 111 Å². The van der Waals surface area contributed by atoms with Crippen LogP contribution in [0.1, 0.15) is 22.2 Å². The number of aryl methyl sites for hydroxylation is 1. The van der Waals surface area contributed by atoms with Gasteiger partial charge in [-0.2, -0.15) is 9.78 Å². The summed E-state index contributed by atoms with van der Waals surface area (Å²) in [5.41, 5.74) is 4.81. The number of hydrogen-bond acceptors (Lipinski definition) is 7. The first-order valence-corrected chi connectivity index (χ1v) is 13.5. The molecular weight excluding hydrogens is 546 g/mol. The summed E-state index contributed by atoms with van der Waals surface area (Å²) < 4.78 is 2.86. The molecule has 5 heterocycles. The van der Waals surface area contributed by atoms with Gasteiger partial charge in [0.2, 0.25) is 0 Å². The number of pyridine rings is 1. The molecule has 1 atom stereocenters. The molecule has 0 unspecified atom stereocenters. The number of aromatic nitrogens is 3. The molecule has 180 valence electrons. The molecule has 1 N–H and O–H groups in total. The summed E-state index contributed by atoms with van der Waals surface area (Å²) in [5, 5.41) is 10.6. The van der Waals surface area contributed by atoms with E-state index < -0.39 is 0 Å². The molecule has 0 bridgehead atoms. The minimum absolute atomic E-state index is 0.113. The van der Waals surface area contributed by atoms with Crippen LogP contribution in [-0.4, -0.2) is 26.4 Å². The molecule has 7 nitrogen and oxygen atoms in total. The van der Waals surface area contributed by atoms with Crippen molar-refractivity contribution in [2.24, 2.45) is 9.98 Å². The lowest BCUT2D eigenvalue weighted by Crippen LogP contribution is -2.46. The summed E-state index contributed by atoms with van der Waals surface area (Å²) in [6.07, 6.45) is 1.77. The molecule has 7 rings (SSSR count). The second-order valence-electron chi connectivity index (χ2n) is 8.73. The van der Waals surface area contributed by atoms with Gasteiger partial charge in [0.15, 0.2) is 23.3 Å². The van der Waals surface area contributed by atoms with Crippen molar-refractivity contribution in [3.63, 3.8) is 0 Å². The van der Waals surface area contributed by atoms with E-state index in [1.807, 2.05) is 72.3 Å². The van der Waals surface area contributed by atoms with E-state index in [0.29, 0.717) is 5.84 Å². The Kier molecular flexibility index (Phi) is 5.26. The lowest BCUT2D eigenvalue weighted by molar-refractivity contribution is 0.820. The molecule has 5 aromatic rings. The van der Waals surface area contributed by atoms with Gasteiger partial charge in [0.05, 0.1) is 17.1 Å². The number of nitrogens with one attached hydrogen (secondary N) is 1. The van der Waals surface area contributed by atoms with Crippen molar-refractivity contribution < 1.29 is 0 Å². The summed E-state index contributed by atoms with van der Waals surface area (Å²) in [4.78, 5) is 18.3. The summed E-state index contributed by atoms with van der Waals surface area (Å²) in [6.45, 7) is 2.05. The number of fused-ring (bicyclic) bond motifs is 4. The van der Waals surface area contributed by atoms with Crippen LogP contribution in [0.3, 0.4) is 0 Å². The van der Waals surface area contributed by atoms with E-state index in [1.165, 1.54) is 4.88 Å². The molecule has 0 saturated carbocycles. The fraction of sp³-hybridized carbons (Fsp3) is 0.0714. The normalized spacial score (nSPS) is 15.8. The quantitative estimate of drug-likeness (QED) is 0.251. The molecule has 2 aliphatic rings. The van der Waals surface area contributed by atoms with Gasteiger partial charge in [0.1, 0.15) is 6.04 Å². The Labute approximate surface area is 226 Å². The summed E-state index contributed by atoms with van der Waals surface area (Å²) in [5.74, 6) is 2.92. The summed E-state index contributed by atoms with van der Waals surface area (Å²) in [6, 6.07) is 26.2. The molecule has 9 heteroatoms. The Balaban J connectivity index is 1.49. The molecule has 0 fully saturated rings. The maximum atomic E-state index is 5.22. The van der Waals surface area contributed by atoms with Gasteiger partial charge in [-0.3, -0.25) is 0 Å². The van der Waals surface area contributed by atoms with Crippen molar-refractivity contribution in [1.82, 2.24) is 14.8 Å². The van der Waals surface area contributed by atoms with Crippen LogP contribution in [-0.2, 0) is 0 Å². The fourth-order valence-corrected chi connectivity index (χ4v) is 5.91. The third kappa shape index (κ3) is 3.70. The highest BCUT2D eigenvalue weighted by Gasteiger charge is 2.41. The van der Waals surface area contributed by atoms with Crippen molar-refractivity contribution in [2.45, 2.75) is 13.0 Å². The number of thiophene rings is 1. The van der Waals surface area contributed by atoms with Crippen LogP contribution >= 0.6 is 27.3 Å². The standard InChI is InChI=1S/C28H20BrN7S/c1-17-24-25(22-9-6-16-37-22)35-21-8-3-2-7-20(21)32-26(31-19-13-11-18(29)12-14-19)28(35)33-27(24)36(34-17)23-10-4-5-15-30-23/h2-16,25H,1H3,(H,31,32)/t25-/m1/s1. The monoisotopic (exact) mass is 565 g/mol. The third-order valence-electron chi connectivity index (χ3n) is 6.42. The first-order chi connectivity index (χ1) is 18.2. The van der Waals surface area contributed by atoms with E-state index in [1.54, 1.807) is 17.5 Å². The number of amidine groups is 2. The molecule has 0 aliphatic carbocycles. The maximum Gasteiger partial charge on any atom is 0.179 e. The van der Waals surface area contributed by atoms with E-state index in [-0.39, 0.29) is 6.04 Å². The topological polar surface area (TPSA) is 70.7 Å². The number of hydrogen-bond donors (Lipinski definition) is 1. The maximum absolute atomic E-state index is 5.22. The summed E-state index contributed by atoms with van der Waals surface area (Å²) >= 11 is 5.25. The zero-order valence-corrected chi connectivity index (χ0v) is 22.1. The van der Waals surface area contributed by atoms with Crippen molar-refractivity contribution in [1.29, 1.82) is 0 Å². The first kappa shape index (κ1) is 22.1. The third-order valence-corrected chi connectivity index (χ3v) is 7.88. The van der Waals surface area contributed by atoms with Gasteiger partial charge in [-0.1, -0.05) is 40.2 Å². The molecule has 37 heavy (non-hydrogen) atoms. The number of nitrogens with zero attached hydrogens (tertiary/aromatic N) is 6. The van der Waals surface area contributed by atoms with E-state index >= 15 is 0 Å². The van der Waals surface area contributed by atoms with E-state index in [4.69, 9.17) is 15.1 Å². The van der Waals surface area contributed by atoms with E-state index in [9.17, 15) is 0 Å². The Morgan fingerprint density at radius 1 is 0.919 bits per heavy atom. The highest BCUT2D eigenvalue weighted by molar-refractivity contribution is 9.10. The fourth-order valence-electron chi connectivity index (χ4n) is 4.82. The van der Waals surface area contributed by atoms with Gasteiger partial charge in [0.25, 0.3) is 0 Å². The average Bonchev–Trinajstić information content (AvgIpc) is 3.58. The van der Waals surface area contributed by atoms with Gasteiger partial charge in [-0.05, 0) is 66.9 Å². The molecular formula is C28H20BrN7S. The first-order valence-electron chi connectivity index (χ1n) is 11.8. The smallest absolute Gasteiger partial charge is 0.179 e. The highest BCUT2D eigenvalue weighted by atomic mass is 79.9. The Bertz CT molecular complexity index is 1670. The van der Waals surface area contributed by atoms with Crippen LogP contribution in [0.2, 0.25) is 0 Å². The Morgan fingerprint density at radius 3 is 2.54 bits per heavy atom. The van der Waals surface area contributed by atoms with Crippen molar-refractivity contribution in [2.75, 3.05) is 10.2 Å². The second-order valence-corrected chi connectivity index (χ2v) is 10.6. The lowest BCUT2D eigenvalue weighted by Gasteiger charge is -2.40. The number of halogens is 1. The molecule has 2 aromatic carbocycles. The lowest BCUT2D eigenvalue weighted by atomic mass is 9.98. The van der Waals surface area contributed by atoms with Crippen molar-refractivity contribution in [3.8, 4) is 5.82 Å². The Hall–Kier alpha value is -4.08. The molecule has 3 aromatic heterocycles. The molecule has 2 aliphatic heterocycles. The van der Waals surface area contributed by atoms with E-state index in [0.717, 1.165) is 50.3 Å². The van der Waals surface area contributed by atoms with Gasteiger partial charge < -0.3 is 10.2 Å². The minimum Gasteiger partial charge on any atom is -0.337 e. The number of anilines is 2. The molecule has 0 radical (unpaired) electrons. The molecule has 0 amide bonds. The number of rotatable bonds is 3. The molecule has 0 saturated heterocycles. The van der Waals surface area contributed by atoms with Crippen LogP contribution in [0.5, 0.6) is 0 Å². The number of benzene rings is 2. The van der Waals surface area contributed by atoms with Gasteiger partial charge in [-0.25, -0.2) is 15.0 Å². The van der Waals surface area contributed by atoms with Crippen LogP contribution in [0.4, 0.5) is 22.9 Å². The van der Waals surface area contributed by atoms with Crippen LogP contribution in [0.25, 0.3) is 5.82 Å². The zero-order valence-electron chi connectivity index (χ0n) is 19.7. The second kappa shape index (κ2) is 8.79. The van der Waals surface area contributed by atoms with Gasteiger partial charge >= 0.3 is 0 Å². The van der Waals surface area contributed by atoms with Crippen LogP contribution < -0.4 is 10.2 Å². The summed E-state index contributed by atoms with van der Waals surface area (Å²) in [7, 11) is 0. The van der Waals surface area contributed by atoms with Crippen molar-refractivity contribution >= 4 is 61.8 Å². The zero-order chi connectivity index (χ0) is 24.9. The number of aliphatic imine (C=N–C) groups is 2. The van der Waals surface area contributed by atoms with Gasteiger partial charge in [-0.15, -0.1) is 11.3 Å². The minimum atomic E-state index is -0.113. The highest BCUT2D eigenvalue weighted by Crippen LogP contribution is 2.48. The van der Waals surface area contributed by atoms with Gasteiger partial charge in [0, 0.05) is 26.8 Å². The molecule has 0 spiro atoms. The van der Waals surface area contributed by atoms with Crippen LogP contribution in [0.15, 0.2) is 105 Å². The predicted molar refractivity (Wildman–Crippen MR) is 153 cm³/mol. The largest absolute Gasteiger partial charge is 0.337 e. The predicted octanol–water partition coefficient (Wildman–Crippen LogP) is 7.20. The Morgan fingerprint density at radius 2 is 1.76 bits per heavy atom. The average molecular weight is 566 g/mol. The van der Waals surface area contributed by atoms with Crippen LogP contribution in [0, 0.1) is 6.92 Å². The SMILES string of the molecule is Cc1nn(-c2ccccn2)c2c1[C@@H](c1cccs1)N1C(=N2)C(Nc2ccc(Br)cc2)=Nc2ccccc21. The number of para-hydroxylation sites is 2.